The number of carbonyl (C=O) groups excluding carboxylic acids is 1. The summed E-state index contributed by atoms with van der Waals surface area (Å²) in [4.78, 5) is 23.7. The zero-order valence-corrected chi connectivity index (χ0v) is 21.2. The average Bonchev–Trinajstić information content (AvgIpc) is 3.21. The zero-order valence-electron chi connectivity index (χ0n) is 20.4. The standard InChI is InChI=1S/C26H21F5N4O3S/c1-14-22(28)9-21(24(14)39(37,38)19-5-2-17(27)3-6-19)23(36)7-4-18-8-20(15(10-32)11-33-18)16-12-34-25(35-13-16)26(29,30)31/h2-3,5-6,8,11-14,21-22,24H,4,7,9H2,1H3/t14-,21-,22+,24?/m0/s1. The second-order valence-corrected chi connectivity index (χ2v) is 11.4. The Balaban J connectivity index is 1.55. The van der Waals surface area contributed by atoms with Crippen molar-refractivity contribution in [3.63, 3.8) is 0 Å². The number of halogens is 5. The number of hydrogen-bond acceptors (Lipinski definition) is 7. The van der Waals surface area contributed by atoms with Gasteiger partial charge in [-0.05, 0) is 43.2 Å². The third-order valence-electron chi connectivity index (χ3n) is 6.80. The van der Waals surface area contributed by atoms with Crippen molar-refractivity contribution < 1.29 is 35.2 Å². The summed E-state index contributed by atoms with van der Waals surface area (Å²) in [6.07, 6.45) is -3.69. The van der Waals surface area contributed by atoms with Crippen molar-refractivity contribution in [3.8, 4) is 17.2 Å². The Hall–Kier alpha value is -3.79. The van der Waals surface area contributed by atoms with Gasteiger partial charge in [0.15, 0.2) is 9.84 Å². The molecule has 0 N–H and O–H groups in total. The van der Waals surface area contributed by atoms with E-state index in [0.29, 0.717) is 5.69 Å². The van der Waals surface area contributed by atoms with Crippen molar-refractivity contribution in [1.82, 2.24) is 15.0 Å². The van der Waals surface area contributed by atoms with Crippen LogP contribution in [-0.4, -0.2) is 40.6 Å². The van der Waals surface area contributed by atoms with E-state index in [1.165, 1.54) is 19.2 Å². The number of rotatable bonds is 7. The van der Waals surface area contributed by atoms with Gasteiger partial charge in [-0.25, -0.2) is 27.2 Å². The number of nitrogens with zero attached hydrogens (tertiary/aromatic N) is 4. The number of alkyl halides is 4. The summed E-state index contributed by atoms with van der Waals surface area (Å²) < 4.78 is 93.0. The molecule has 1 fully saturated rings. The highest BCUT2D eigenvalue weighted by Gasteiger charge is 2.51. The Bertz CT molecular complexity index is 1520. The molecule has 3 aromatic rings. The maximum atomic E-state index is 14.7. The molecule has 0 radical (unpaired) electrons. The Morgan fingerprint density at radius 3 is 2.33 bits per heavy atom. The molecule has 4 rings (SSSR count). The Kier molecular flexibility index (Phi) is 7.79. The monoisotopic (exact) mass is 564 g/mol. The summed E-state index contributed by atoms with van der Waals surface area (Å²) in [5.74, 6) is -4.57. The molecule has 13 heteroatoms. The number of Topliss-reactive ketones (excluding diaryl/α,β-unsaturated/α-hetero) is 1. The predicted octanol–water partition coefficient (Wildman–Crippen LogP) is 4.91. The smallest absolute Gasteiger partial charge is 0.299 e. The van der Waals surface area contributed by atoms with Crippen molar-refractivity contribution in [2.75, 3.05) is 0 Å². The molecular formula is C26H21F5N4O3S. The molecular weight excluding hydrogens is 543 g/mol. The first-order chi connectivity index (χ1) is 18.3. The molecule has 0 spiro atoms. The van der Waals surface area contributed by atoms with Gasteiger partial charge in [0.1, 0.15) is 23.8 Å². The predicted molar refractivity (Wildman–Crippen MR) is 128 cm³/mol. The van der Waals surface area contributed by atoms with Gasteiger partial charge < -0.3 is 0 Å². The van der Waals surface area contributed by atoms with Gasteiger partial charge in [0.2, 0.25) is 5.82 Å². The fraction of sp³-hybridized carbons (Fsp3) is 0.346. The van der Waals surface area contributed by atoms with E-state index >= 15 is 0 Å². The van der Waals surface area contributed by atoms with Gasteiger partial charge in [0.25, 0.3) is 0 Å². The van der Waals surface area contributed by atoms with Gasteiger partial charge in [-0.3, -0.25) is 9.78 Å². The van der Waals surface area contributed by atoms with E-state index < -0.39 is 56.7 Å². The third-order valence-corrected chi connectivity index (χ3v) is 9.21. The SMILES string of the molecule is C[C@@H]1C(S(=O)(=O)c2ccc(F)cc2)[C@H](C(=O)CCc2cc(-c3cnc(C(F)(F)F)nc3)c(C#N)cn2)C[C@H]1F. The third kappa shape index (κ3) is 5.80. The van der Waals surface area contributed by atoms with Crippen LogP contribution >= 0.6 is 0 Å². The molecule has 1 aromatic carbocycles. The number of aromatic nitrogens is 3. The number of carbonyl (C=O) groups is 1. The summed E-state index contributed by atoms with van der Waals surface area (Å²) in [6.45, 7) is 1.42. The lowest BCUT2D eigenvalue weighted by atomic mass is 9.95. The summed E-state index contributed by atoms with van der Waals surface area (Å²) in [6, 6.07) is 7.42. The highest BCUT2D eigenvalue weighted by Crippen LogP contribution is 2.42. The molecule has 1 aliphatic carbocycles. The molecule has 0 saturated heterocycles. The van der Waals surface area contributed by atoms with Crippen LogP contribution in [0.4, 0.5) is 22.0 Å². The normalized spacial score (nSPS) is 21.5. The summed E-state index contributed by atoms with van der Waals surface area (Å²) in [7, 11) is -4.15. The topological polar surface area (TPSA) is 114 Å². The molecule has 1 saturated carbocycles. The number of nitriles is 1. The van der Waals surface area contributed by atoms with Crippen LogP contribution in [0, 0.1) is 29.0 Å². The molecule has 0 aliphatic heterocycles. The summed E-state index contributed by atoms with van der Waals surface area (Å²) in [5.41, 5.74) is 0.686. The molecule has 2 aromatic heterocycles. The van der Waals surface area contributed by atoms with Crippen LogP contribution in [0.1, 0.15) is 36.8 Å². The second-order valence-electron chi connectivity index (χ2n) is 9.27. The number of sulfone groups is 1. The van der Waals surface area contributed by atoms with Gasteiger partial charge in [0, 0.05) is 53.7 Å². The number of hydrogen-bond donors (Lipinski definition) is 0. The molecule has 1 aliphatic rings. The van der Waals surface area contributed by atoms with Gasteiger partial charge in [-0.1, -0.05) is 6.92 Å². The van der Waals surface area contributed by atoms with Crippen molar-refractivity contribution in [2.24, 2.45) is 11.8 Å². The van der Waals surface area contributed by atoms with E-state index in [1.807, 2.05) is 6.07 Å². The minimum Gasteiger partial charge on any atom is -0.299 e. The number of ketones is 1. The average molecular weight is 565 g/mol. The van der Waals surface area contributed by atoms with Crippen LogP contribution in [0.25, 0.3) is 11.1 Å². The minimum absolute atomic E-state index is 0.00415. The summed E-state index contributed by atoms with van der Waals surface area (Å²) >= 11 is 0. The Morgan fingerprint density at radius 1 is 1.10 bits per heavy atom. The molecule has 4 atom stereocenters. The Morgan fingerprint density at radius 2 is 1.74 bits per heavy atom. The van der Waals surface area contributed by atoms with Crippen LogP contribution < -0.4 is 0 Å². The van der Waals surface area contributed by atoms with Gasteiger partial charge in [0.05, 0.1) is 15.7 Å². The molecule has 0 bridgehead atoms. The minimum atomic E-state index is -4.74. The number of aryl methyl sites for hydroxylation is 1. The van der Waals surface area contributed by atoms with Crippen LogP contribution in [0.15, 0.2) is 53.8 Å². The van der Waals surface area contributed by atoms with Crippen LogP contribution in [-0.2, 0) is 27.2 Å². The maximum Gasteiger partial charge on any atom is 0.451 e. The molecule has 204 valence electrons. The largest absolute Gasteiger partial charge is 0.451 e. The van der Waals surface area contributed by atoms with E-state index in [4.69, 9.17) is 0 Å². The van der Waals surface area contributed by atoms with E-state index in [-0.39, 0.29) is 40.8 Å². The fourth-order valence-corrected chi connectivity index (χ4v) is 7.03. The van der Waals surface area contributed by atoms with E-state index in [2.05, 4.69) is 15.0 Å². The molecule has 2 heterocycles. The van der Waals surface area contributed by atoms with Crippen molar-refractivity contribution in [1.29, 1.82) is 5.26 Å². The van der Waals surface area contributed by atoms with Gasteiger partial charge in [-0.15, -0.1) is 0 Å². The highest BCUT2D eigenvalue weighted by atomic mass is 32.2. The highest BCUT2D eigenvalue weighted by molar-refractivity contribution is 7.92. The quantitative estimate of drug-likeness (QED) is 0.296. The van der Waals surface area contributed by atoms with Crippen LogP contribution in [0.5, 0.6) is 0 Å². The first kappa shape index (κ1) is 28.2. The van der Waals surface area contributed by atoms with E-state index in [1.54, 1.807) is 0 Å². The van der Waals surface area contributed by atoms with Crippen LogP contribution in [0.2, 0.25) is 0 Å². The zero-order chi connectivity index (χ0) is 28.5. The lowest BCUT2D eigenvalue weighted by molar-refractivity contribution is -0.145. The number of pyridine rings is 1. The van der Waals surface area contributed by atoms with E-state index in [9.17, 15) is 40.4 Å². The first-order valence-corrected chi connectivity index (χ1v) is 13.3. The van der Waals surface area contributed by atoms with Crippen molar-refractivity contribution in [2.45, 2.75) is 48.7 Å². The van der Waals surface area contributed by atoms with Gasteiger partial charge in [-0.2, -0.15) is 18.4 Å². The lowest BCUT2D eigenvalue weighted by Crippen LogP contribution is -2.35. The molecule has 0 amide bonds. The maximum absolute atomic E-state index is 14.7. The van der Waals surface area contributed by atoms with E-state index in [0.717, 1.165) is 36.7 Å². The molecule has 7 nitrogen and oxygen atoms in total. The first-order valence-electron chi connectivity index (χ1n) is 11.8. The second kappa shape index (κ2) is 10.8. The fourth-order valence-electron chi connectivity index (χ4n) is 4.77. The molecule has 1 unspecified atom stereocenters. The Labute approximate surface area is 220 Å². The lowest BCUT2D eigenvalue weighted by Gasteiger charge is -2.22. The summed E-state index contributed by atoms with van der Waals surface area (Å²) in [5, 5.41) is 8.07. The number of benzene rings is 1. The van der Waals surface area contributed by atoms with Crippen LogP contribution in [0.3, 0.4) is 0 Å². The molecule has 39 heavy (non-hydrogen) atoms. The van der Waals surface area contributed by atoms with Crippen molar-refractivity contribution in [3.05, 3.63) is 71.8 Å². The van der Waals surface area contributed by atoms with Crippen molar-refractivity contribution >= 4 is 15.6 Å². The van der Waals surface area contributed by atoms with Gasteiger partial charge >= 0.3 is 6.18 Å².